The van der Waals surface area contributed by atoms with Crippen LogP contribution in [0.4, 0.5) is 5.69 Å². The first-order valence-electron chi connectivity index (χ1n) is 7.11. The van der Waals surface area contributed by atoms with Crippen molar-refractivity contribution in [2.24, 2.45) is 0 Å². The van der Waals surface area contributed by atoms with E-state index in [-0.39, 0.29) is 11.9 Å². The van der Waals surface area contributed by atoms with E-state index in [1.165, 1.54) is 0 Å². The Morgan fingerprint density at radius 1 is 1.19 bits per heavy atom. The molecule has 0 saturated carbocycles. The maximum absolute atomic E-state index is 12.3. The maximum atomic E-state index is 12.3. The highest BCUT2D eigenvalue weighted by Gasteiger charge is 2.11. The minimum absolute atomic E-state index is 0.0840. The summed E-state index contributed by atoms with van der Waals surface area (Å²) in [6, 6.07) is 11.7. The van der Waals surface area contributed by atoms with Crippen LogP contribution in [0.3, 0.4) is 0 Å². The van der Waals surface area contributed by atoms with Gasteiger partial charge >= 0.3 is 0 Å². The van der Waals surface area contributed by atoms with Gasteiger partial charge in [0, 0.05) is 30.2 Å². The number of pyridine rings is 1. The molecule has 0 saturated heterocycles. The fraction of sp³-hybridized carbons (Fsp3) is 0.294. The smallest absolute Gasteiger partial charge is 0.253 e. The van der Waals surface area contributed by atoms with Crippen LogP contribution in [-0.2, 0) is 6.54 Å². The van der Waals surface area contributed by atoms with Crippen molar-refractivity contribution in [1.29, 1.82) is 0 Å². The lowest BCUT2D eigenvalue weighted by atomic mass is 10.1. The number of hydrogen-bond donors (Lipinski definition) is 2. The second-order valence-electron chi connectivity index (χ2n) is 5.34. The van der Waals surface area contributed by atoms with E-state index in [1.807, 2.05) is 57.2 Å². The molecular formula is C17H21N3O. The van der Waals surface area contributed by atoms with Crippen LogP contribution in [0.15, 0.2) is 42.6 Å². The summed E-state index contributed by atoms with van der Waals surface area (Å²) in [5, 5.41) is 6.22. The molecule has 4 nitrogen and oxygen atoms in total. The maximum Gasteiger partial charge on any atom is 0.253 e. The van der Waals surface area contributed by atoms with Crippen LogP contribution in [0.2, 0.25) is 0 Å². The van der Waals surface area contributed by atoms with Crippen molar-refractivity contribution in [3.63, 3.8) is 0 Å². The van der Waals surface area contributed by atoms with Crippen LogP contribution >= 0.6 is 0 Å². The Morgan fingerprint density at radius 3 is 2.62 bits per heavy atom. The van der Waals surface area contributed by atoms with Gasteiger partial charge in [0.1, 0.15) is 0 Å². The first-order chi connectivity index (χ1) is 10.1. The summed E-state index contributed by atoms with van der Waals surface area (Å²) in [7, 11) is 0. The summed E-state index contributed by atoms with van der Waals surface area (Å²) >= 11 is 0. The molecule has 110 valence electrons. The number of para-hydroxylation sites is 1. The number of nitrogens with zero attached hydrogens (tertiary/aromatic N) is 1. The van der Waals surface area contributed by atoms with Crippen molar-refractivity contribution >= 4 is 11.6 Å². The summed E-state index contributed by atoms with van der Waals surface area (Å²) < 4.78 is 0. The number of hydrogen-bond acceptors (Lipinski definition) is 3. The SMILES string of the molecule is Cc1ccc(CNC(=O)c2ccccc2NC(C)C)cn1. The standard InChI is InChI=1S/C17H21N3O/c1-12(2)20-16-7-5-4-6-15(16)17(21)19-11-14-9-8-13(3)18-10-14/h4-10,12,20H,11H2,1-3H3,(H,19,21). The highest BCUT2D eigenvalue weighted by atomic mass is 16.1. The van der Waals surface area contributed by atoms with Gasteiger partial charge in [-0.05, 0) is 44.5 Å². The average Bonchev–Trinajstić information content (AvgIpc) is 2.46. The Morgan fingerprint density at radius 2 is 1.95 bits per heavy atom. The largest absolute Gasteiger partial charge is 0.382 e. The fourth-order valence-electron chi connectivity index (χ4n) is 2.00. The lowest BCUT2D eigenvalue weighted by molar-refractivity contribution is 0.0951. The van der Waals surface area contributed by atoms with Gasteiger partial charge in [-0.15, -0.1) is 0 Å². The molecule has 0 spiro atoms. The molecule has 0 aliphatic heterocycles. The van der Waals surface area contributed by atoms with Gasteiger partial charge in [0.15, 0.2) is 0 Å². The molecular weight excluding hydrogens is 262 g/mol. The number of amides is 1. The van der Waals surface area contributed by atoms with Gasteiger partial charge in [-0.25, -0.2) is 0 Å². The van der Waals surface area contributed by atoms with Crippen LogP contribution in [0, 0.1) is 6.92 Å². The minimum Gasteiger partial charge on any atom is -0.382 e. The summed E-state index contributed by atoms with van der Waals surface area (Å²) in [6.07, 6.45) is 1.79. The third-order valence-corrected chi connectivity index (χ3v) is 3.04. The highest BCUT2D eigenvalue weighted by molar-refractivity contribution is 5.99. The second kappa shape index (κ2) is 6.88. The minimum atomic E-state index is -0.0840. The van der Waals surface area contributed by atoms with Crippen LogP contribution in [0.1, 0.15) is 35.5 Å². The third-order valence-electron chi connectivity index (χ3n) is 3.04. The summed E-state index contributed by atoms with van der Waals surface area (Å²) in [4.78, 5) is 16.5. The lowest BCUT2D eigenvalue weighted by Gasteiger charge is -2.14. The van der Waals surface area contributed by atoms with Gasteiger partial charge in [0.25, 0.3) is 5.91 Å². The first kappa shape index (κ1) is 15.0. The number of carbonyl (C=O) groups excluding carboxylic acids is 1. The summed E-state index contributed by atoms with van der Waals surface area (Å²) in [6.45, 7) is 6.51. The summed E-state index contributed by atoms with van der Waals surface area (Å²) in [5.41, 5.74) is 3.47. The van der Waals surface area contributed by atoms with E-state index in [1.54, 1.807) is 6.20 Å². The zero-order valence-electron chi connectivity index (χ0n) is 12.7. The summed E-state index contributed by atoms with van der Waals surface area (Å²) in [5.74, 6) is -0.0840. The molecule has 0 aliphatic rings. The Bertz CT molecular complexity index is 606. The number of benzene rings is 1. The lowest BCUT2D eigenvalue weighted by Crippen LogP contribution is -2.24. The quantitative estimate of drug-likeness (QED) is 0.886. The van der Waals surface area contributed by atoms with Crippen molar-refractivity contribution in [3.05, 3.63) is 59.4 Å². The van der Waals surface area contributed by atoms with Gasteiger partial charge in [-0.2, -0.15) is 0 Å². The average molecular weight is 283 g/mol. The zero-order valence-corrected chi connectivity index (χ0v) is 12.7. The van der Waals surface area contributed by atoms with Crippen molar-refractivity contribution in [1.82, 2.24) is 10.3 Å². The molecule has 1 aromatic carbocycles. The van der Waals surface area contributed by atoms with Crippen molar-refractivity contribution in [2.45, 2.75) is 33.4 Å². The number of aromatic nitrogens is 1. The van der Waals surface area contributed by atoms with Gasteiger partial charge in [0.05, 0.1) is 5.56 Å². The van der Waals surface area contributed by atoms with Gasteiger partial charge in [0.2, 0.25) is 0 Å². The Hall–Kier alpha value is -2.36. The molecule has 0 bridgehead atoms. The predicted octanol–water partition coefficient (Wildman–Crippen LogP) is 3.14. The molecule has 0 radical (unpaired) electrons. The predicted molar refractivity (Wildman–Crippen MR) is 85.3 cm³/mol. The van der Waals surface area contributed by atoms with E-state index < -0.39 is 0 Å². The second-order valence-corrected chi connectivity index (χ2v) is 5.34. The molecule has 0 atom stereocenters. The normalized spacial score (nSPS) is 10.5. The molecule has 0 unspecified atom stereocenters. The number of carbonyl (C=O) groups is 1. The Balaban J connectivity index is 2.05. The molecule has 1 heterocycles. The fourth-order valence-corrected chi connectivity index (χ4v) is 2.00. The monoisotopic (exact) mass is 283 g/mol. The molecule has 1 amide bonds. The first-order valence-corrected chi connectivity index (χ1v) is 7.11. The van der Waals surface area contributed by atoms with E-state index in [2.05, 4.69) is 15.6 Å². The van der Waals surface area contributed by atoms with E-state index in [0.717, 1.165) is 16.9 Å². The van der Waals surface area contributed by atoms with E-state index in [9.17, 15) is 4.79 Å². The Kier molecular flexibility index (Phi) is 4.93. The molecule has 2 aromatic rings. The van der Waals surface area contributed by atoms with E-state index >= 15 is 0 Å². The molecule has 4 heteroatoms. The van der Waals surface area contributed by atoms with Crippen molar-refractivity contribution < 1.29 is 4.79 Å². The van der Waals surface area contributed by atoms with Crippen molar-refractivity contribution in [2.75, 3.05) is 5.32 Å². The molecule has 0 fully saturated rings. The molecule has 21 heavy (non-hydrogen) atoms. The van der Waals surface area contributed by atoms with Crippen molar-refractivity contribution in [3.8, 4) is 0 Å². The van der Waals surface area contributed by atoms with Crippen LogP contribution in [0.5, 0.6) is 0 Å². The van der Waals surface area contributed by atoms with Gasteiger partial charge < -0.3 is 10.6 Å². The van der Waals surface area contributed by atoms with Crippen LogP contribution < -0.4 is 10.6 Å². The number of aryl methyl sites for hydroxylation is 1. The van der Waals surface area contributed by atoms with E-state index in [4.69, 9.17) is 0 Å². The van der Waals surface area contributed by atoms with Gasteiger partial charge in [-0.1, -0.05) is 18.2 Å². The molecule has 0 aliphatic carbocycles. The highest BCUT2D eigenvalue weighted by Crippen LogP contribution is 2.16. The Labute approximate surface area is 125 Å². The number of nitrogens with one attached hydrogen (secondary N) is 2. The molecule has 2 N–H and O–H groups in total. The molecule has 1 aromatic heterocycles. The van der Waals surface area contributed by atoms with Crippen LogP contribution in [-0.4, -0.2) is 16.9 Å². The zero-order chi connectivity index (χ0) is 15.2. The number of rotatable bonds is 5. The third kappa shape index (κ3) is 4.31. The molecule has 2 rings (SSSR count). The number of anilines is 1. The van der Waals surface area contributed by atoms with Crippen LogP contribution in [0.25, 0.3) is 0 Å². The van der Waals surface area contributed by atoms with E-state index in [0.29, 0.717) is 12.1 Å². The van der Waals surface area contributed by atoms with Gasteiger partial charge in [-0.3, -0.25) is 9.78 Å². The topological polar surface area (TPSA) is 54.0 Å².